The van der Waals surface area contributed by atoms with Crippen molar-refractivity contribution in [1.82, 2.24) is 20.5 Å². The first-order chi connectivity index (χ1) is 13.1. The Labute approximate surface area is 157 Å². The number of carbonyl (C=O) groups excluding carboxylic acids is 3. The summed E-state index contributed by atoms with van der Waals surface area (Å²) in [4.78, 5) is 41.6. The molecule has 0 saturated carbocycles. The molecule has 4 amide bonds. The van der Waals surface area contributed by atoms with Gasteiger partial charge in [-0.3, -0.25) is 19.5 Å². The molecule has 0 spiro atoms. The van der Waals surface area contributed by atoms with Crippen LogP contribution in [0.15, 0.2) is 54.9 Å². The van der Waals surface area contributed by atoms with E-state index in [0.717, 1.165) is 11.1 Å². The summed E-state index contributed by atoms with van der Waals surface area (Å²) in [6.07, 6.45) is 4.40. The molecule has 140 valence electrons. The Kier molecular flexibility index (Phi) is 6.14. The van der Waals surface area contributed by atoms with Gasteiger partial charge in [-0.1, -0.05) is 30.3 Å². The Morgan fingerprint density at radius 3 is 2.56 bits per heavy atom. The van der Waals surface area contributed by atoms with Crippen molar-refractivity contribution in [2.24, 2.45) is 0 Å². The van der Waals surface area contributed by atoms with E-state index in [1.54, 1.807) is 12.4 Å². The van der Waals surface area contributed by atoms with E-state index in [4.69, 9.17) is 0 Å². The first kappa shape index (κ1) is 18.6. The molecule has 1 atom stereocenters. The zero-order valence-corrected chi connectivity index (χ0v) is 14.9. The van der Waals surface area contributed by atoms with Gasteiger partial charge in [0.05, 0.1) is 0 Å². The molecule has 7 nitrogen and oxygen atoms in total. The van der Waals surface area contributed by atoms with Crippen molar-refractivity contribution in [2.45, 2.75) is 31.8 Å². The van der Waals surface area contributed by atoms with Crippen LogP contribution < -0.4 is 10.6 Å². The number of aromatic nitrogens is 1. The molecule has 7 heteroatoms. The molecule has 1 aromatic heterocycles. The van der Waals surface area contributed by atoms with Gasteiger partial charge in [0.25, 0.3) is 5.91 Å². The molecule has 0 radical (unpaired) electrons. The second kappa shape index (κ2) is 8.93. The van der Waals surface area contributed by atoms with Gasteiger partial charge >= 0.3 is 6.03 Å². The van der Waals surface area contributed by atoms with E-state index in [0.29, 0.717) is 19.5 Å². The lowest BCUT2D eigenvalue weighted by atomic mass is 10.1. The molecule has 1 aliphatic rings. The maximum absolute atomic E-state index is 12.4. The van der Waals surface area contributed by atoms with Crippen LogP contribution in [-0.4, -0.2) is 40.3 Å². The van der Waals surface area contributed by atoms with Crippen LogP contribution in [0.4, 0.5) is 4.79 Å². The van der Waals surface area contributed by atoms with Gasteiger partial charge in [-0.05, 0) is 36.1 Å². The summed E-state index contributed by atoms with van der Waals surface area (Å²) < 4.78 is 0. The van der Waals surface area contributed by atoms with Gasteiger partial charge in [0.2, 0.25) is 5.91 Å². The quantitative estimate of drug-likeness (QED) is 0.695. The largest absolute Gasteiger partial charge is 0.352 e. The molecule has 0 aliphatic carbocycles. The Morgan fingerprint density at radius 1 is 1.07 bits per heavy atom. The van der Waals surface area contributed by atoms with Gasteiger partial charge in [0.15, 0.2) is 0 Å². The van der Waals surface area contributed by atoms with Gasteiger partial charge < -0.3 is 10.6 Å². The highest BCUT2D eigenvalue weighted by molar-refractivity contribution is 6.04. The average Bonchev–Trinajstić information content (AvgIpc) is 2.97. The zero-order chi connectivity index (χ0) is 19.1. The molecule has 2 aromatic rings. The van der Waals surface area contributed by atoms with Crippen LogP contribution in [0.1, 0.15) is 24.0 Å². The summed E-state index contributed by atoms with van der Waals surface area (Å²) in [5, 5.41) is 5.47. The third kappa shape index (κ3) is 5.13. The summed E-state index contributed by atoms with van der Waals surface area (Å²) in [6.45, 7) is 0.745. The highest BCUT2D eigenvalue weighted by Crippen LogP contribution is 2.13. The first-order valence-electron chi connectivity index (χ1n) is 8.95. The van der Waals surface area contributed by atoms with Crippen LogP contribution in [0.3, 0.4) is 0 Å². The number of hydrogen-bond acceptors (Lipinski definition) is 4. The molecule has 1 aliphatic heterocycles. The van der Waals surface area contributed by atoms with E-state index in [1.165, 1.54) is 4.90 Å². The van der Waals surface area contributed by atoms with Crippen molar-refractivity contribution in [3.63, 3.8) is 0 Å². The van der Waals surface area contributed by atoms with Crippen LogP contribution in [0.5, 0.6) is 0 Å². The zero-order valence-electron chi connectivity index (χ0n) is 14.9. The van der Waals surface area contributed by atoms with Gasteiger partial charge in [-0.2, -0.15) is 0 Å². The molecule has 0 unspecified atom stereocenters. The number of carbonyl (C=O) groups is 3. The second-order valence-electron chi connectivity index (χ2n) is 6.40. The smallest absolute Gasteiger partial charge is 0.324 e. The van der Waals surface area contributed by atoms with Gasteiger partial charge in [0.1, 0.15) is 6.04 Å². The first-order valence-corrected chi connectivity index (χ1v) is 8.95. The second-order valence-corrected chi connectivity index (χ2v) is 6.40. The SMILES string of the molecule is O=C(CC[C@@H]1NC(=O)N(CCc2ccccc2)C1=O)NCc1ccncc1. The Hall–Kier alpha value is -3.22. The van der Waals surface area contributed by atoms with E-state index in [-0.39, 0.29) is 24.7 Å². The Morgan fingerprint density at radius 2 is 1.81 bits per heavy atom. The van der Waals surface area contributed by atoms with Crippen molar-refractivity contribution in [2.75, 3.05) is 6.54 Å². The van der Waals surface area contributed by atoms with E-state index in [9.17, 15) is 14.4 Å². The lowest BCUT2D eigenvalue weighted by Crippen LogP contribution is -2.33. The molecular weight excluding hydrogens is 344 g/mol. The van der Waals surface area contributed by atoms with E-state index < -0.39 is 12.1 Å². The predicted molar refractivity (Wildman–Crippen MR) is 99.5 cm³/mol. The summed E-state index contributed by atoms with van der Waals surface area (Å²) >= 11 is 0. The van der Waals surface area contributed by atoms with Crippen LogP contribution in [0.25, 0.3) is 0 Å². The topological polar surface area (TPSA) is 91.4 Å². The van der Waals surface area contributed by atoms with Crippen LogP contribution >= 0.6 is 0 Å². The number of benzene rings is 1. The molecule has 1 aromatic carbocycles. The number of hydrogen-bond donors (Lipinski definition) is 2. The Balaban J connectivity index is 1.43. The molecule has 3 rings (SSSR count). The average molecular weight is 366 g/mol. The maximum Gasteiger partial charge on any atom is 0.324 e. The highest BCUT2D eigenvalue weighted by Gasteiger charge is 2.37. The van der Waals surface area contributed by atoms with Crippen LogP contribution in [-0.2, 0) is 22.6 Å². The van der Waals surface area contributed by atoms with E-state index >= 15 is 0 Å². The van der Waals surface area contributed by atoms with Crippen molar-refractivity contribution in [3.8, 4) is 0 Å². The van der Waals surface area contributed by atoms with Gasteiger partial charge in [-0.15, -0.1) is 0 Å². The van der Waals surface area contributed by atoms with Crippen molar-refractivity contribution < 1.29 is 14.4 Å². The van der Waals surface area contributed by atoms with Crippen molar-refractivity contribution in [3.05, 3.63) is 66.0 Å². The third-order valence-corrected chi connectivity index (χ3v) is 4.47. The van der Waals surface area contributed by atoms with Gasteiger partial charge in [-0.25, -0.2) is 4.79 Å². The lowest BCUT2D eigenvalue weighted by Gasteiger charge is -2.13. The van der Waals surface area contributed by atoms with Crippen LogP contribution in [0, 0.1) is 0 Å². The molecule has 2 heterocycles. The molecular formula is C20H22N4O3. The monoisotopic (exact) mass is 366 g/mol. The fourth-order valence-electron chi connectivity index (χ4n) is 2.93. The Bertz CT molecular complexity index is 795. The highest BCUT2D eigenvalue weighted by atomic mass is 16.2. The number of urea groups is 1. The third-order valence-electron chi connectivity index (χ3n) is 4.47. The number of imide groups is 1. The summed E-state index contributed by atoms with van der Waals surface area (Å²) in [6, 6.07) is 12.3. The van der Waals surface area contributed by atoms with Crippen molar-refractivity contribution in [1.29, 1.82) is 0 Å². The summed E-state index contributed by atoms with van der Waals surface area (Å²) in [5.41, 5.74) is 2.02. The normalized spacial score (nSPS) is 16.3. The fourth-order valence-corrected chi connectivity index (χ4v) is 2.93. The lowest BCUT2D eigenvalue weighted by molar-refractivity contribution is -0.127. The number of rotatable bonds is 8. The minimum absolute atomic E-state index is 0.156. The standard InChI is InChI=1S/C20H22N4O3/c25-18(22-14-16-8-11-21-12-9-16)7-6-17-19(26)24(20(27)23-17)13-10-15-4-2-1-3-5-15/h1-5,8-9,11-12,17H,6-7,10,13-14H2,(H,22,25)(H,23,27)/t17-/m0/s1. The van der Waals surface area contributed by atoms with Crippen LogP contribution in [0.2, 0.25) is 0 Å². The molecule has 27 heavy (non-hydrogen) atoms. The number of nitrogens with one attached hydrogen (secondary N) is 2. The van der Waals surface area contributed by atoms with E-state index in [2.05, 4.69) is 15.6 Å². The maximum atomic E-state index is 12.4. The summed E-state index contributed by atoms with van der Waals surface area (Å²) in [7, 11) is 0. The fraction of sp³-hybridized carbons (Fsp3) is 0.300. The molecule has 0 bridgehead atoms. The molecule has 1 saturated heterocycles. The minimum Gasteiger partial charge on any atom is -0.352 e. The van der Waals surface area contributed by atoms with E-state index in [1.807, 2.05) is 42.5 Å². The summed E-state index contributed by atoms with van der Waals surface area (Å²) in [5.74, 6) is -0.422. The number of amides is 4. The number of nitrogens with zero attached hydrogens (tertiary/aromatic N) is 2. The van der Waals surface area contributed by atoms with Gasteiger partial charge in [0, 0.05) is 31.9 Å². The minimum atomic E-state index is -0.639. The predicted octanol–water partition coefficient (Wildman–Crippen LogP) is 1.64. The van der Waals surface area contributed by atoms with Crippen molar-refractivity contribution >= 4 is 17.8 Å². The number of pyridine rings is 1. The molecule has 1 fully saturated rings. The molecule has 2 N–H and O–H groups in total.